The minimum absolute atomic E-state index is 0.109. The Morgan fingerprint density at radius 2 is 2.17 bits per heavy atom. The molecule has 0 radical (unpaired) electrons. The van der Waals surface area contributed by atoms with Gasteiger partial charge in [0.05, 0.1) is 6.61 Å². The SMILES string of the molecule is CCS(=O)(=O)[C@@H](CO)/C(=N\O)c1cccc(Cl)c1. The van der Waals surface area contributed by atoms with Crippen LogP contribution in [0.2, 0.25) is 5.02 Å². The molecule has 0 spiro atoms. The van der Waals surface area contributed by atoms with E-state index in [9.17, 15) is 13.5 Å². The number of sulfone groups is 1. The van der Waals surface area contributed by atoms with Crippen molar-refractivity contribution in [2.24, 2.45) is 5.16 Å². The molecule has 0 saturated heterocycles. The molecule has 0 saturated carbocycles. The first kappa shape index (κ1) is 14.9. The fourth-order valence-electron chi connectivity index (χ4n) is 1.53. The monoisotopic (exact) mass is 291 g/mol. The Kier molecular flexibility index (Phi) is 5.13. The molecule has 5 nitrogen and oxygen atoms in total. The van der Waals surface area contributed by atoms with E-state index in [2.05, 4.69) is 5.16 Å². The highest BCUT2D eigenvalue weighted by molar-refractivity contribution is 7.92. The number of hydrogen-bond acceptors (Lipinski definition) is 5. The molecule has 1 aromatic rings. The number of benzene rings is 1. The normalized spacial score (nSPS) is 14.5. The van der Waals surface area contributed by atoms with Crippen LogP contribution in [0.15, 0.2) is 29.4 Å². The first-order valence-electron chi connectivity index (χ1n) is 5.26. The van der Waals surface area contributed by atoms with Gasteiger partial charge in [-0.3, -0.25) is 0 Å². The van der Waals surface area contributed by atoms with Crippen molar-refractivity contribution in [3.8, 4) is 0 Å². The number of rotatable bonds is 5. The first-order valence-corrected chi connectivity index (χ1v) is 7.36. The maximum absolute atomic E-state index is 11.8. The van der Waals surface area contributed by atoms with Crippen LogP contribution >= 0.6 is 11.6 Å². The van der Waals surface area contributed by atoms with Crippen LogP contribution in [0, 0.1) is 0 Å². The Labute approximate surface area is 111 Å². The summed E-state index contributed by atoms with van der Waals surface area (Å²) in [6, 6.07) is 6.26. The molecule has 0 bridgehead atoms. The fourth-order valence-corrected chi connectivity index (χ4v) is 2.87. The lowest BCUT2D eigenvalue weighted by molar-refractivity contribution is 0.296. The van der Waals surface area contributed by atoms with Gasteiger partial charge in [-0.2, -0.15) is 0 Å². The first-order chi connectivity index (χ1) is 8.46. The summed E-state index contributed by atoms with van der Waals surface area (Å²) in [5, 5.41) is 20.4. The van der Waals surface area contributed by atoms with Crippen LogP contribution in [0.1, 0.15) is 12.5 Å². The van der Waals surface area contributed by atoms with Gasteiger partial charge in [0, 0.05) is 16.3 Å². The zero-order valence-corrected chi connectivity index (χ0v) is 11.3. The van der Waals surface area contributed by atoms with Gasteiger partial charge in [-0.05, 0) is 12.1 Å². The summed E-state index contributed by atoms with van der Waals surface area (Å²) < 4.78 is 23.6. The van der Waals surface area contributed by atoms with Gasteiger partial charge in [0.1, 0.15) is 11.0 Å². The number of aliphatic hydroxyl groups is 1. The average Bonchev–Trinajstić information content (AvgIpc) is 2.35. The Hall–Kier alpha value is -1.11. The van der Waals surface area contributed by atoms with Crippen molar-refractivity contribution in [2.75, 3.05) is 12.4 Å². The van der Waals surface area contributed by atoms with Gasteiger partial charge in [-0.25, -0.2) is 8.42 Å². The molecule has 0 aliphatic carbocycles. The minimum atomic E-state index is -3.57. The van der Waals surface area contributed by atoms with E-state index < -0.39 is 21.7 Å². The van der Waals surface area contributed by atoms with Gasteiger partial charge in [0.2, 0.25) is 0 Å². The summed E-state index contributed by atoms with van der Waals surface area (Å²) in [5.41, 5.74) is 0.253. The van der Waals surface area contributed by atoms with Crippen molar-refractivity contribution in [1.29, 1.82) is 0 Å². The molecule has 18 heavy (non-hydrogen) atoms. The van der Waals surface area contributed by atoms with Gasteiger partial charge >= 0.3 is 0 Å². The molecule has 0 aliphatic heterocycles. The summed E-state index contributed by atoms with van der Waals surface area (Å²) in [6.07, 6.45) is 0. The van der Waals surface area contributed by atoms with Gasteiger partial charge in [0.15, 0.2) is 9.84 Å². The van der Waals surface area contributed by atoms with E-state index in [0.29, 0.717) is 10.6 Å². The van der Waals surface area contributed by atoms with E-state index in [1.165, 1.54) is 13.0 Å². The standard InChI is InChI=1S/C11H14ClNO4S/c1-2-18(16,17)10(7-14)11(13-15)8-4-3-5-9(12)6-8/h3-6,10,14-15H,2,7H2,1H3/b13-11-/t10-/m0/s1. The third-order valence-electron chi connectivity index (χ3n) is 2.53. The summed E-state index contributed by atoms with van der Waals surface area (Å²) in [5.74, 6) is -0.155. The van der Waals surface area contributed by atoms with Gasteiger partial charge < -0.3 is 10.3 Å². The van der Waals surface area contributed by atoms with E-state index >= 15 is 0 Å². The van der Waals surface area contributed by atoms with Crippen LogP contribution < -0.4 is 0 Å². The number of oxime groups is 1. The fraction of sp³-hybridized carbons (Fsp3) is 0.364. The molecule has 0 unspecified atom stereocenters. The second kappa shape index (κ2) is 6.17. The molecule has 1 atom stereocenters. The quantitative estimate of drug-likeness (QED) is 0.486. The molecule has 0 heterocycles. The average molecular weight is 292 g/mol. The summed E-state index contributed by atoms with van der Waals surface area (Å²) >= 11 is 5.79. The van der Waals surface area contributed by atoms with E-state index in [4.69, 9.17) is 16.8 Å². The highest BCUT2D eigenvalue weighted by Crippen LogP contribution is 2.16. The van der Waals surface area contributed by atoms with Gasteiger partial charge in [0.25, 0.3) is 0 Å². The minimum Gasteiger partial charge on any atom is -0.411 e. The summed E-state index contributed by atoms with van der Waals surface area (Å²) in [7, 11) is -3.57. The topological polar surface area (TPSA) is 87.0 Å². The van der Waals surface area contributed by atoms with Crippen LogP contribution in [-0.4, -0.2) is 42.1 Å². The van der Waals surface area contributed by atoms with E-state index in [1.807, 2.05) is 0 Å². The van der Waals surface area contributed by atoms with Crippen LogP contribution in [0.25, 0.3) is 0 Å². The Morgan fingerprint density at radius 3 is 2.61 bits per heavy atom. The van der Waals surface area contributed by atoms with Crippen molar-refractivity contribution >= 4 is 27.1 Å². The Balaban J connectivity index is 3.26. The van der Waals surface area contributed by atoms with E-state index in [-0.39, 0.29) is 11.5 Å². The van der Waals surface area contributed by atoms with Crippen molar-refractivity contribution < 1.29 is 18.7 Å². The molecule has 0 aliphatic rings. The number of hydrogen-bond donors (Lipinski definition) is 2. The summed E-state index contributed by atoms with van der Waals surface area (Å²) in [4.78, 5) is 0. The number of halogens is 1. The third-order valence-corrected chi connectivity index (χ3v) is 4.81. The molecule has 0 aromatic heterocycles. The van der Waals surface area contributed by atoms with Crippen molar-refractivity contribution in [2.45, 2.75) is 12.2 Å². The lowest BCUT2D eigenvalue weighted by atomic mass is 10.1. The second-order valence-corrected chi connectivity index (χ2v) is 6.53. The molecular formula is C11H14ClNO4S. The molecule has 1 rings (SSSR count). The highest BCUT2D eigenvalue weighted by Gasteiger charge is 2.30. The lowest BCUT2D eigenvalue weighted by Crippen LogP contribution is -2.35. The molecule has 0 amide bonds. The predicted molar refractivity (Wildman–Crippen MR) is 70.1 cm³/mol. The largest absolute Gasteiger partial charge is 0.411 e. The molecule has 0 fully saturated rings. The van der Waals surface area contributed by atoms with Crippen LogP contribution in [-0.2, 0) is 9.84 Å². The number of aliphatic hydroxyl groups excluding tert-OH is 1. The Morgan fingerprint density at radius 1 is 1.50 bits per heavy atom. The van der Waals surface area contributed by atoms with Crippen molar-refractivity contribution in [3.63, 3.8) is 0 Å². The maximum atomic E-state index is 11.8. The predicted octanol–water partition coefficient (Wildman–Crippen LogP) is 1.31. The highest BCUT2D eigenvalue weighted by atomic mass is 35.5. The number of nitrogens with zero attached hydrogens (tertiary/aromatic N) is 1. The maximum Gasteiger partial charge on any atom is 0.161 e. The third kappa shape index (κ3) is 3.22. The molecular weight excluding hydrogens is 278 g/mol. The smallest absolute Gasteiger partial charge is 0.161 e. The van der Waals surface area contributed by atoms with Crippen LogP contribution in [0.3, 0.4) is 0 Å². The molecule has 1 aromatic carbocycles. The molecule has 2 N–H and O–H groups in total. The van der Waals surface area contributed by atoms with Gasteiger partial charge in [-0.1, -0.05) is 35.8 Å². The molecule has 7 heteroatoms. The second-order valence-electron chi connectivity index (χ2n) is 3.62. The van der Waals surface area contributed by atoms with Crippen LogP contribution in [0.5, 0.6) is 0 Å². The summed E-state index contributed by atoms with van der Waals surface area (Å²) in [6.45, 7) is 0.813. The lowest BCUT2D eigenvalue weighted by Gasteiger charge is -2.15. The van der Waals surface area contributed by atoms with Gasteiger partial charge in [-0.15, -0.1) is 0 Å². The van der Waals surface area contributed by atoms with Crippen molar-refractivity contribution in [3.05, 3.63) is 34.9 Å². The zero-order chi connectivity index (χ0) is 13.8. The van der Waals surface area contributed by atoms with Crippen LogP contribution in [0.4, 0.5) is 0 Å². The molecule has 100 valence electrons. The van der Waals surface area contributed by atoms with E-state index in [0.717, 1.165) is 0 Å². The Bertz CT molecular complexity index is 542. The van der Waals surface area contributed by atoms with E-state index in [1.54, 1.807) is 18.2 Å². The zero-order valence-electron chi connectivity index (χ0n) is 9.75. The van der Waals surface area contributed by atoms with Crippen molar-refractivity contribution in [1.82, 2.24) is 0 Å².